The summed E-state index contributed by atoms with van der Waals surface area (Å²) in [5, 5.41) is 24.7. The lowest BCUT2D eigenvalue weighted by molar-refractivity contribution is -0.0444. The minimum absolute atomic E-state index is 0.112. The number of hydrogen-bond donors (Lipinski definition) is 2. The van der Waals surface area contributed by atoms with Crippen LogP contribution in [0.2, 0.25) is 0 Å². The van der Waals surface area contributed by atoms with E-state index >= 15 is 0 Å². The summed E-state index contributed by atoms with van der Waals surface area (Å²) in [6.07, 6.45) is 7.57. The molecule has 3 aliphatic heterocycles. The van der Waals surface area contributed by atoms with Gasteiger partial charge in [0.2, 0.25) is 0 Å². The maximum Gasteiger partial charge on any atom is 0.0952 e. The first-order valence-corrected chi connectivity index (χ1v) is 15.4. The van der Waals surface area contributed by atoms with Crippen LogP contribution in [0.4, 0.5) is 0 Å². The maximum atomic E-state index is 11.0. The third-order valence-electron chi connectivity index (χ3n) is 9.08. The van der Waals surface area contributed by atoms with E-state index in [1.54, 1.807) is 0 Å². The Kier molecular flexibility index (Phi) is 9.37. The summed E-state index contributed by atoms with van der Waals surface area (Å²) in [6.45, 7) is 6.22. The van der Waals surface area contributed by atoms with Gasteiger partial charge in [-0.1, -0.05) is 91.0 Å². The van der Waals surface area contributed by atoms with Crippen molar-refractivity contribution in [2.75, 3.05) is 13.1 Å². The molecule has 3 fully saturated rings. The van der Waals surface area contributed by atoms with Crippen LogP contribution in [0.15, 0.2) is 134 Å². The second-order valence-electron chi connectivity index (χ2n) is 11.6. The summed E-state index contributed by atoms with van der Waals surface area (Å²) in [6, 6.07) is 36.4. The van der Waals surface area contributed by atoms with Crippen LogP contribution in [0.5, 0.6) is 0 Å². The smallest absolute Gasteiger partial charge is 0.0952 e. The number of para-hydroxylation sites is 2. The molecular formula is C39H39N3O2. The molecule has 6 aromatic rings. The molecule has 0 spiro atoms. The fraction of sp³-hybridized carbons (Fsp3) is 0.231. The van der Waals surface area contributed by atoms with Crippen molar-refractivity contribution in [1.82, 2.24) is 14.9 Å². The lowest BCUT2D eigenvalue weighted by atomic mass is 9.73. The molecule has 4 aromatic carbocycles. The quantitative estimate of drug-likeness (QED) is 0.209. The van der Waals surface area contributed by atoms with E-state index in [9.17, 15) is 5.11 Å². The Labute approximate surface area is 259 Å². The van der Waals surface area contributed by atoms with Crippen LogP contribution in [0.3, 0.4) is 0 Å². The lowest BCUT2D eigenvalue weighted by Crippen LogP contribution is -2.54. The molecule has 44 heavy (non-hydrogen) atoms. The number of nitrogens with zero attached hydrogens (tertiary/aromatic N) is 3. The monoisotopic (exact) mass is 581 g/mol. The highest BCUT2D eigenvalue weighted by Crippen LogP contribution is 2.41. The van der Waals surface area contributed by atoms with E-state index in [0.29, 0.717) is 11.8 Å². The van der Waals surface area contributed by atoms with Gasteiger partial charge in [0.15, 0.2) is 0 Å². The summed E-state index contributed by atoms with van der Waals surface area (Å²) >= 11 is 0. The van der Waals surface area contributed by atoms with E-state index in [-0.39, 0.29) is 12.6 Å². The van der Waals surface area contributed by atoms with Crippen LogP contribution in [0.1, 0.15) is 30.1 Å². The number of pyridine rings is 2. The molecular weight excluding hydrogens is 542 g/mol. The molecule has 0 saturated carbocycles. The van der Waals surface area contributed by atoms with Crippen molar-refractivity contribution >= 4 is 32.6 Å². The van der Waals surface area contributed by atoms with Crippen molar-refractivity contribution in [3.05, 3.63) is 145 Å². The van der Waals surface area contributed by atoms with Crippen LogP contribution in [-0.2, 0) is 6.61 Å². The molecule has 2 bridgehead atoms. The fourth-order valence-corrected chi connectivity index (χ4v) is 6.74. The summed E-state index contributed by atoms with van der Waals surface area (Å²) < 4.78 is 0. The Morgan fingerprint density at radius 2 is 1.45 bits per heavy atom. The molecule has 3 saturated heterocycles. The largest absolute Gasteiger partial charge is 0.392 e. The van der Waals surface area contributed by atoms with Crippen LogP contribution in [-0.4, -0.2) is 44.2 Å². The van der Waals surface area contributed by atoms with Gasteiger partial charge in [0.25, 0.3) is 0 Å². The Balaban J connectivity index is 0.000000131. The zero-order valence-electron chi connectivity index (χ0n) is 24.9. The number of hydrogen-bond acceptors (Lipinski definition) is 5. The van der Waals surface area contributed by atoms with E-state index in [2.05, 4.69) is 57.9 Å². The van der Waals surface area contributed by atoms with Gasteiger partial charge in [0, 0.05) is 35.8 Å². The molecule has 5 atom stereocenters. The zero-order valence-corrected chi connectivity index (χ0v) is 24.9. The SMILES string of the molecule is C=C[C@H]1CN2CCC1C[C@H]2[C@@H](O)c1ccnc2ccccc12.OCc1cccc2ccccc12.c1ccc2ncccc2c1. The Morgan fingerprint density at radius 1 is 0.773 bits per heavy atom. The number of piperidine rings is 3. The van der Waals surface area contributed by atoms with Gasteiger partial charge in [-0.2, -0.15) is 0 Å². The van der Waals surface area contributed by atoms with E-state index in [0.717, 1.165) is 52.4 Å². The number of aliphatic hydroxyl groups excluding tert-OH is 2. The first-order chi connectivity index (χ1) is 21.7. The normalized spacial score (nSPS) is 21.1. The highest BCUT2D eigenvalue weighted by molar-refractivity contribution is 5.85. The van der Waals surface area contributed by atoms with E-state index in [1.807, 2.05) is 91.3 Å². The number of rotatable bonds is 4. The van der Waals surface area contributed by atoms with Crippen molar-refractivity contribution in [3.63, 3.8) is 0 Å². The summed E-state index contributed by atoms with van der Waals surface area (Å²) in [4.78, 5) is 11.0. The van der Waals surface area contributed by atoms with Gasteiger partial charge in [-0.05, 0) is 77.4 Å². The van der Waals surface area contributed by atoms with Crippen molar-refractivity contribution in [2.45, 2.75) is 31.6 Å². The number of aliphatic hydroxyl groups is 2. The van der Waals surface area contributed by atoms with E-state index < -0.39 is 6.10 Å². The lowest BCUT2D eigenvalue weighted by Gasteiger charge is -2.50. The van der Waals surface area contributed by atoms with Crippen LogP contribution >= 0.6 is 0 Å². The second-order valence-corrected chi connectivity index (χ2v) is 11.6. The predicted molar refractivity (Wildman–Crippen MR) is 180 cm³/mol. The van der Waals surface area contributed by atoms with Gasteiger partial charge in [0.05, 0.1) is 23.7 Å². The molecule has 5 heterocycles. The molecule has 5 nitrogen and oxygen atoms in total. The van der Waals surface area contributed by atoms with Gasteiger partial charge in [-0.3, -0.25) is 14.9 Å². The van der Waals surface area contributed by atoms with Gasteiger partial charge < -0.3 is 10.2 Å². The van der Waals surface area contributed by atoms with Crippen molar-refractivity contribution in [2.24, 2.45) is 11.8 Å². The summed E-state index contributed by atoms with van der Waals surface area (Å²) in [5.41, 5.74) is 4.02. The van der Waals surface area contributed by atoms with Gasteiger partial charge in [-0.15, -0.1) is 6.58 Å². The highest BCUT2D eigenvalue weighted by Gasteiger charge is 2.42. The molecule has 0 amide bonds. The van der Waals surface area contributed by atoms with Crippen molar-refractivity contribution < 1.29 is 10.2 Å². The molecule has 9 rings (SSSR count). The summed E-state index contributed by atoms with van der Waals surface area (Å²) in [5.74, 6) is 1.27. The summed E-state index contributed by atoms with van der Waals surface area (Å²) in [7, 11) is 0. The number of aromatic nitrogens is 2. The molecule has 0 aliphatic carbocycles. The van der Waals surface area contributed by atoms with Gasteiger partial charge in [0.1, 0.15) is 0 Å². The molecule has 2 unspecified atom stereocenters. The molecule has 3 aliphatic rings. The zero-order chi connectivity index (χ0) is 30.3. The fourth-order valence-electron chi connectivity index (χ4n) is 6.74. The Bertz CT molecular complexity index is 1780. The number of fused-ring (bicyclic) bond motifs is 6. The predicted octanol–water partition coefficient (Wildman–Crippen LogP) is 7.73. The third kappa shape index (κ3) is 6.41. The van der Waals surface area contributed by atoms with Gasteiger partial charge in [-0.25, -0.2) is 0 Å². The molecule has 222 valence electrons. The average Bonchev–Trinajstić information content (AvgIpc) is 3.11. The molecule has 0 radical (unpaired) electrons. The van der Waals surface area contributed by atoms with E-state index in [1.165, 1.54) is 17.2 Å². The Hall–Kier alpha value is -4.42. The average molecular weight is 582 g/mol. The minimum atomic E-state index is -0.443. The van der Waals surface area contributed by atoms with Crippen LogP contribution in [0.25, 0.3) is 32.6 Å². The van der Waals surface area contributed by atoms with Crippen LogP contribution in [0, 0.1) is 11.8 Å². The van der Waals surface area contributed by atoms with E-state index in [4.69, 9.17) is 5.11 Å². The number of benzene rings is 4. The minimum Gasteiger partial charge on any atom is -0.392 e. The van der Waals surface area contributed by atoms with Gasteiger partial charge >= 0.3 is 0 Å². The molecule has 2 aromatic heterocycles. The Morgan fingerprint density at radius 3 is 2.20 bits per heavy atom. The van der Waals surface area contributed by atoms with Crippen molar-refractivity contribution in [1.29, 1.82) is 0 Å². The first kappa shape index (κ1) is 29.6. The highest BCUT2D eigenvalue weighted by atomic mass is 16.3. The topological polar surface area (TPSA) is 69.5 Å². The van der Waals surface area contributed by atoms with Crippen molar-refractivity contribution in [3.8, 4) is 0 Å². The standard InChI is InChI=1S/C19H22N2O.C11H10O.C9H7N/c1-2-13-12-21-10-8-14(13)11-18(21)19(22)16-7-9-20-17-6-4-3-5-15(16)17;12-8-10-6-3-5-9-4-1-2-7-11(9)10;1-2-6-9-8(4-1)5-3-7-10-9/h2-7,9,13-14,18-19,22H,1,8,10-12H2;1-7,12H,8H2;1-7H/t13-,14?,18-,19-;;/m0../s1. The first-order valence-electron chi connectivity index (χ1n) is 15.4. The molecule has 5 heteroatoms. The molecule has 2 N–H and O–H groups in total. The van der Waals surface area contributed by atoms with Crippen LogP contribution < -0.4 is 0 Å². The third-order valence-corrected chi connectivity index (χ3v) is 9.08. The second kappa shape index (κ2) is 13.9. The maximum absolute atomic E-state index is 11.0.